The SMILES string of the molecule is CCOC(=O)c1c(-c2cccs2)csc1NC(=O)c1cccc(-c2nnnn2C)c1. The Labute approximate surface area is 180 Å². The van der Waals surface area contributed by atoms with Crippen molar-refractivity contribution in [3.8, 4) is 21.8 Å². The van der Waals surface area contributed by atoms with Gasteiger partial charge in [-0.05, 0) is 40.9 Å². The van der Waals surface area contributed by atoms with Crippen LogP contribution in [-0.2, 0) is 11.8 Å². The molecule has 0 atom stereocenters. The summed E-state index contributed by atoms with van der Waals surface area (Å²) in [6.45, 7) is 2.00. The summed E-state index contributed by atoms with van der Waals surface area (Å²) in [6.07, 6.45) is 0. The molecule has 1 N–H and O–H groups in total. The number of hydrogen-bond acceptors (Lipinski definition) is 8. The minimum atomic E-state index is -0.462. The van der Waals surface area contributed by atoms with E-state index in [2.05, 4.69) is 20.8 Å². The lowest BCUT2D eigenvalue weighted by Crippen LogP contribution is -2.15. The predicted molar refractivity (Wildman–Crippen MR) is 116 cm³/mol. The van der Waals surface area contributed by atoms with Crippen LogP contribution < -0.4 is 5.32 Å². The highest BCUT2D eigenvalue weighted by Crippen LogP contribution is 2.38. The highest BCUT2D eigenvalue weighted by atomic mass is 32.1. The van der Waals surface area contributed by atoms with Crippen LogP contribution >= 0.6 is 22.7 Å². The smallest absolute Gasteiger partial charge is 0.341 e. The molecule has 3 aromatic heterocycles. The Kier molecular flexibility index (Phi) is 5.68. The second kappa shape index (κ2) is 8.56. The van der Waals surface area contributed by atoms with Crippen LogP contribution in [0.15, 0.2) is 47.2 Å². The van der Waals surface area contributed by atoms with Crippen LogP contribution in [0.3, 0.4) is 0 Å². The number of aryl methyl sites for hydroxylation is 1. The predicted octanol–water partition coefficient (Wildman–Crippen LogP) is 4.10. The highest BCUT2D eigenvalue weighted by molar-refractivity contribution is 7.17. The first-order chi connectivity index (χ1) is 14.6. The molecule has 0 saturated heterocycles. The van der Waals surface area contributed by atoms with Crippen LogP contribution in [0.4, 0.5) is 5.00 Å². The molecule has 0 radical (unpaired) electrons. The van der Waals surface area contributed by atoms with E-state index in [1.165, 1.54) is 27.4 Å². The van der Waals surface area contributed by atoms with Crippen molar-refractivity contribution in [3.63, 3.8) is 0 Å². The van der Waals surface area contributed by atoms with E-state index >= 15 is 0 Å². The van der Waals surface area contributed by atoms with Crippen LogP contribution in [0, 0.1) is 0 Å². The largest absolute Gasteiger partial charge is 0.462 e. The van der Waals surface area contributed by atoms with Gasteiger partial charge >= 0.3 is 5.97 Å². The molecule has 152 valence electrons. The van der Waals surface area contributed by atoms with E-state index in [1.807, 2.05) is 29.0 Å². The molecule has 4 aromatic rings. The zero-order chi connectivity index (χ0) is 21.1. The number of hydrogen-bond donors (Lipinski definition) is 1. The molecule has 3 heterocycles. The minimum absolute atomic E-state index is 0.250. The number of carbonyl (C=O) groups is 2. The first-order valence-electron chi connectivity index (χ1n) is 9.05. The van der Waals surface area contributed by atoms with Gasteiger partial charge in [0.2, 0.25) is 0 Å². The van der Waals surface area contributed by atoms with Gasteiger partial charge in [0, 0.05) is 34.0 Å². The van der Waals surface area contributed by atoms with E-state index in [0.29, 0.717) is 27.5 Å². The number of nitrogens with zero attached hydrogens (tertiary/aromatic N) is 4. The molecule has 30 heavy (non-hydrogen) atoms. The van der Waals surface area contributed by atoms with Crippen LogP contribution in [0.25, 0.3) is 21.8 Å². The van der Waals surface area contributed by atoms with E-state index < -0.39 is 5.97 Å². The molecule has 0 aliphatic carbocycles. The summed E-state index contributed by atoms with van der Waals surface area (Å²) in [7, 11) is 1.73. The molecule has 1 aromatic carbocycles. The topological polar surface area (TPSA) is 99.0 Å². The molecule has 1 amide bonds. The average Bonchev–Trinajstić information content (AvgIpc) is 3.48. The van der Waals surface area contributed by atoms with Gasteiger partial charge < -0.3 is 10.1 Å². The molecule has 0 saturated carbocycles. The Morgan fingerprint density at radius 3 is 2.77 bits per heavy atom. The number of thiophene rings is 2. The van der Waals surface area contributed by atoms with Crippen LogP contribution in [0.2, 0.25) is 0 Å². The molecule has 0 aliphatic heterocycles. The summed E-state index contributed by atoms with van der Waals surface area (Å²) in [5, 5.41) is 18.5. The molecule has 0 bridgehead atoms. The van der Waals surface area contributed by atoms with Crippen molar-refractivity contribution in [1.82, 2.24) is 20.2 Å². The Balaban J connectivity index is 1.65. The van der Waals surface area contributed by atoms with Gasteiger partial charge in [-0.1, -0.05) is 18.2 Å². The van der Waals surface area contributed by atoms with E-state index in [4.69, 9.17) is 4.74 Å². The summed E-state index contributed by atoms with van der Waals surface area (Å²) >= 11 is 2.81. The van der Waals surface area contributed by atoms with Crippen molar-refractivity contribution in [3.05, 3.63) is 58.3 Å². The highest BCUT2D eigenvalue weighted by Gasteiger charge is 2.23. The van der Waals surface area contributed by atoms with Gasteiger partial charge in [-0.25, -0.2) is 9.48 Å². The third kappa shape index (κ3) is 3.87. The Bertz CT molecular complexity index is 1200. The number of anilines is 1. The number of carbonyl (C=O) groups excluding carboxylic acids is 2. The number of amides is 1. The standard InChI is InChI=1S/C20H17N5O3S2/c1-3-28-20(27)16-14(15-8-5-9-29-15)11-30-19(16)21-18(26)13-7-4-6-12(10-13)17-22-23-24-25(17)2/h4-11H,3H2,1-2H3,(H,21,26). The fraction of sp³-hybridized carbons (Fsp3) is 0.150. The quantitative estimate of drug-likeness (QED) is 0.454. The zero-order valence-electron chi connectivity index (χ0n) is 16.2. The maximum absolute atomic E-state index is 12.9. The lowest BCUT2D eigenvalue weighted by molar-refractivity contribution is 0.0529. The number of rotatable bonds is 6. The third-order valence-electron chi connectivity index (χ3n) is 4.29. The Morgan fingerprint density at radius 2 is 2.07 bits per heavy atom. The average molecular weight is 440 g/mol. The third-order valence-corrected chi connectivity index (χ3v) is 6.09. The summed E-state index contributed by atoms with van der Waals surface area (Å²) in [4.78, 5) is 26.5. The van der Waals surface area contributed by atoms with Crippen LogP contribution in [0.1, 0.15) is 27.6 Å². The lowest BCUT2D eigenvalue weighted by atomic mass is 10.1. The lowest BCUT2D eigenvalue weighted by Gasteiger charge is -2.09. The van der Waals surface area contributed by atoms with Crippen molar-refractivity contribution in [2.45, 2.75) is 6.92 Å². The monoisotopic (exact) mass is 439 g/mol. The number of benzene rings is 1. The first kappa shape index (κ1) is 19.9. The van der Waals surface area contributed by atoms with E-state index in [9.17, 15) is 9.59 Å². The fourth-order valence-electron chi connectivity index (χ4n) is 2.92. The fourth-order valence-corrected chi connectivity index (χ4v) is 4.68. The van der Waals surface area contributed by atoms with Gasteiger partial charge in [-0.15, -0.1) is 27.8 Å². The first-order valence-corrected chi connectivity index (χ1v) is 10.8. The minimum Gasteiger partial charge on any atom is -0.462 e. The number of esters is 1. The maximum atomic E-state index is 12.9. The van der Waals surface area contributed by atoms with Gasteiger partial charge in [0.05, 0.1) is 6.61 Å². The van der Waals surface area contributed by atoms with Crippen LogP contribution in [-0.4, -0.2) is 38.7 Å². The van der Waals surface area contributed by atoms with Crippen molar-refractivity contribution in [2.24, 2.45) is 7.05 Å². The van der Waals surface area contributed by atoms with E-state index in [1.54, 1.807) is 32.2 Å². The zero-order valence-corrected chi connectivity index (χ0v) is 17.8. The normalized spacial score (nSPS) is 10.7. The maximum Gasteiger partial charge on any atom is 0.341 e. The molecule has 0 fully saturated rings. The number of nitrogens with one attached hydrogen (secondary N) is 1. The number of ether oxygens (including phenoxy) is 1. The number of aromatic nitrogens is 4. The van der Waals surface area contributed by atoms with Crippen molar-refractivity contribution < 1.29 is 14.3 Å². The van der Waals surface area contributed by atoms with Gasteiger partial charge in [0.25, 0.3) is 5.91 Å². The number of tetrazole rings is 1. The second-order valence-electron chi connectivity index (χ2n) is 6.21. The molecule has 8 nitrogen and oxygen atoms in total. The molecular weight excluding hydrogens is 422 g/mol. The van der Waals surface area contributed by atoms with Crippen LogP contribution in [0.5, 0.6) is 0 Å². The summed E-state index contributed by atoms with van der Waals surface area (Å²) < 4.78 is 6.76. The Morgan fingerprint density at radius 1 is 1.20 bits per heavy atom. The summed E-state index contributed by atoms with van der Waals surface area (Å²) in [6, 6.07) is 10.8. The van der Waals surface area contributed by atoms with E-state index in [-0.39, 0.29) is 12.5 Å². The molecule has 0 spiro atoms. The van der Waals surface area contributed by atoms with Crippen molar-refractivity contribution in [1.29, 1.82) is 0 Å². The molecule has 0 unspecified atom stereocenters. The van der Waals surface area contributed by atoms with Gasteiger partial charge in [0.15, 0.2) is 5.82 Å². The van der Waals surface area contributed by atoms with E-state index in [0.717, 1.165) is 10.4 Å². The van der Waals surface area contributed by atoms with Gasteiger partial charge in [-0.2, -0.15) is 0 Å². The summed E-state index contributed by atoms with van der Waals surface area (Å²) in [5.74, 6) is -0.249. The molecule has 4 rings (SSSR count). The van der Waals surface area contributed by atoms with Gasteiger partial charge in [-0.3, -0.25) is 4.79 Å². The molecular formula is C20H17N5O3S2. The van der Waals surface area contributed by atoms with Crippen molar-refractivity contribution in [2.75, 3.05) is 11.9 Å². The second-order valence-corrected chi connectivity index (χ2v) is 8.04. The van der Waals surface area contributed by atoms with Gasteiger partial charge in [0.1, 0.15) is 10.6 Å². The molecule has 0 aliphatic rings. The van der Waals surface area contributed by atoms with Crippen molar-refractivity contribution >= 4 is 39.6 Å². The molecule has 10 heteroatoms. The summed E-state index contributed by atoms with van der Waals surface area (Å²) in [5.41, 5.74) is 2.26. The Hall–Kier alpha value is -3.37.